The molecule has 2 spiro atoms. The molecule has 3 saturated heterocycles. The van der Waals surface area contributed by atoms with Crippen molar-refractivity contribution in [2.24, 2.45) is 11.3 Å². The number of likely N-dealkylation sites (tertiary alicyclic amines) is 1. The molecule has 6 fully saturated rings. The van der Waals surface area contributed by atoms with E-state index in [4.69, 9.17) is 9.47 Å². The first-order valence-electron chi connectivity index (χ1n) is 15.3. The van der Waals surface area contributed by atoms with Gasteiger partial charge in [0, 0.05) is 47.9 Å². The molecule has 2 aromatic rings. The minimum absolute atomic E-state index is 0.00761. The number of aromatic nitrogens is 2. The predicted octanol–water partition coefficient (Wildman–Crippen LogP) is 4.03. The van der Waals surface area contributed by atoms with Crippen LogP contribution in [0.5, 0.6) is 11.5 Å². The van der Waals surface area contributed by atoms with Gasteiger partial charge in [-0.25, -0.2) is 9.97 Å². The van der Waals surface area contributed by atoms with Crippen LogP contribution in [0.15, 0.2) is 24.5 Å². The molecule has 0 unspecified atom stereocenters. The molecule has 3 saturated carbocycles. The van der Waals surface area contributed by atoms with Crippen molar-refractivity contribution in [2.45, 2.75) is 93.7 Å². The second-order valence-corrected chi connectivity index (χ2v) is 13.5. The third kappa shape index (κ3) is 3.06. The minimum Gasteiger partial charge on any atom is -0.493 e. The average Bonchev–Trinajstić information content (AvgIpc) is 3.86. The van der Waals surface area contributed by atoms with E-state index in [1.165, 1.54) is 55.3 Å². The summed E-state index contributed by atoms with van der Waals surface area (Å²) >= 11 is 0. The van der Waals surface area contributed by atoms with Gasteiger partial charge < -0.3 is 14.4 Å². The number of ether oxygens (including phenoxy) is 2. The van der Waals surface area contributed by atoms with Crippen LogP contribution >= 0.6 is 0 Å². The summed E-state index contributed by atoms with van der Waals surface area (Å²) in [5, 5.41) is 0. The molecule has 7 nitrogen and oxygen atoms in total. The molecule has 4 aliphatic carbocycles. The van der Waals surface area contributed by atoms with Gasteiger partial charge in [0.15, 0.2) is 11.5 Å². The number of amides is 1. The molecule has 1 aromatic heterocycles. The Kier molecular flexibility index (Phi) is 4.71. The van der Waals surface area contributed by atoms with Crippen molar-refractivity contribution in [3.8, 4) is 11.5 Å². The molecule has 0 N–H and O–H groups in total. The fraction of sp³-hybridized carbons (Fsp3) is 0.656. The first kappa shape index (κ1) is 23.1. The van der Waals surface area contributed by atoms with Crippen LogP contribution in [0.2, 0.25) is 0 Å². The van der Waals surface area contributed by atoms with E-state index in [9.17, 15) is 4.79 Å². The van der Waals surface area contributed by atoms with E-state index in [1.807, 2.05) is 12.4 Å². The number of piperidine rings is 1. The maximum atomic E-state index is 14.0. The summed E-state index contributed by atoms with van der Waals surface area (Å²) < 4.78 is 12.9. The van der Waals surface area contributed by atoms with Gasteiger partial charge in [0.1, 0.15) is 11.9 Å². The topological polar surface area (TPSA) is 67.8 Å². The summed E-state index contributed by atoms with van der Waals surface area (Å²) in [7, 11) is 1.76. The lowest BCUT2D eigenvalue weighted by atomic mass is 9.42. The van der Waals surface area contributed by atoms with Crippen molar-refractivity contribution in [1.29, 1.82) is 0 Å². The number of carbonyl (C=O) groups is 1. The number of nitrogens with zero attached hydrogens (tertiary/aromatic N) is 4. The van der Waals surface area contributed by atoms with Crippen molar-refractivity contribution in [2.75, 3.05) is 26.7 Å². The van der Waals surface area contributed by atoms with E-state index in [0.29, 0.717) is 17.8 Å². The zero-order valence-corrected chi connectivity index (χ0v) is 22.9. The molecule has 7 heteroatoms. The Morgan fingerprint density at radius 3 is 2.69 bits per heavy atom. The molecular weight excluding hydrogens is 488 g/mol. The van der Waals surface area contributed by atoms with Crippen LogP contribution in [0.1, 0.15) is 79.8 Å². The second kappa shape index (κ2) is 7.96. The fourth-order valence-corrected chi connectivity index (χ4v) is 9.77. The number of carbonyl (C=O) groups excluding carboxylic acids is 1. The highest BCUT2D eigenvalue weighted by atomic mass is 16.5. The fourth-order valence-electron chi connectivity index (χ4n) is 9.77. The maximum Gasteiger partial charge on any atom is 0.230 e. The van der Waals surface area contributed by atoms with Gasteiger partial charge in [0.25, 0.3) is 0 Å². The number of hydrogen-bond donors (Lipinski definition) is 0. The standard InChI is InChI=1S/C32H38N4O3/c1-38-24-7-6-21-14-25-31-9-8-23(30-32(31,28(21)29(24)39-30)11-12-35(25)18-19-2-3-19)36(13-10-31)27(37)15-26-33-16-22(17-34-26)20-4-5-20/h6-7,16-17,19-20,23,25,30H,2-5,8-15,18H2,1H3/t23-,25-,30+,31-,32+/m1/s1. The van der Waals surface area contributed by atoms with Gasteiger partial charge in [-0.15, -0.1) is 0 Å². The molecule has 1 amide bonds. The molecule has 5 heterocycles. The molecule has 0 radical (unpaired) electrons. The number of hydrogen-bond acceptors (Lipinski definition) is 6. The summed E-state index contributed by atoms with van der Waals surface area (Å²) in [4.78, 5) is 28.2. The van der Waals surface area contributed by atoms with Gasteiger partial charge in [-0.2, -0.15) is 0 Å². The monoisotopic (exact) mass is 526 g/mol. The number of rotatable bonds is 6. The number of fused-ring (bicyclic) bond motifs is 3. The van der Waals surface area contributed by atoms with Gasteiger partial charge in [-0.05, 0) is 93.4 Å². The zero-order valence-electron chi connectivity index (χ0n) is 22.9. The van der Waals surface area contributed by atoms with Crippen molar-refractivity contribution < 1.29 is 14.3 Å². The van der Waals surface area contributed by atoms with Gasteiger partial charge in [-0.1, -0.05) is 6.07 Å². The molecule has 39 heavy (non-hydrogen) atoms. The van der Waals surface area contributed by atoms with Gasteiger partial charge >= 0.3 is 0 Å². The second-order valence-electron chi connectivity index (χ2n) is 13.5. The van der Waals surface area contributed by atoms with E-state index in [1.54, 1.807) is 7.11 Å². The van der Waals surface area contributed by atoms with Crippen LogP contribution in [0.3, 0.4) is 0 Å². The van der Waals surface area contributed by atoms with E-state index in [2.05, 4.69) is 31.9 Å². The summed E-state index contributed by atoms with van der Waals surface area (Å²) in [5.74, 6) is 4.13. The van der Waals surface area contributed by atoms with E-state index in [-0.39, 0.29) is 35.3 Å². The van der Waals surface area contributed by atoms with E-state index in [0.717, 1.165) is 56.2 Å². The normalized spacial score (nSPS) is 35.8. The molecule has 5 atom stereocenters. The molecule has 8 aliphatic rings. The Morgan fingerprint density at radius 1 is 1.08 bits per heavy atom. The summed E-state index contributed by atoms with van der Waals surface area (Å²) in [5.41, 5.74) is 4.22. The third-order valence-electron chi connectivity index (χ3n) is 11.8. The summed E-state index contributed by atoms with van der Waals surface area (Å²) in [6.45, 7) is 3.20. The van der Waals surface area contributed by atoms with Crippen molar-refractivity contribution >= 4 is 5.91 Å². The highest BCUT2D eigenvalue weighted by molar-refractivity contribution is 5.79. The van der Waals surface area contributed by atoms with Crippen LogP contribution in [-0.2, 0) is 23.1 Å². The van der Waals surface area contributed by atoms with Gasteiger partial charge in [0.05, 0.1) is 19.6 Å². The van der Waals surface area contributed by atoms with Crippen LogP contribution in [-0.4, -0.2) is 70.6 Å². The lowest BCUT2D eigenvalue weighted by Gasteiger charge is -2.66. The Morgan fingerprint density at radius 2 is 1.92 bits per heavy atom. The lowest BCUT2D eigenvalue weighted by Crippen LogP contribution is -2.72. The molecule has 4 bridgehead atoms. The van der Waals surface area contributed by atoms with Crippen LogP contribution in [0.25, 0.3) is 0 Å². The molecule has 204 valence electrons. The van der Waals surface area contributed by atoms with E-state index < -0.39 is 0 Å². The Bertz CT molecular complexity index is 1350. The third-order valence-corrected chi connectivity index (χ3v) is 11.8. The Hall–Kier alpha value is -2.67. The lowest BCUT2D eigenvalue weighted by molar-refractivity contribution is -0.143. The van der Waals surface area contributed by atoms with Gasteiger partial charge in [0.2, 0.25) is 5.91 Å². The van der Waals surface area contributed by atoms with Crippen molar-refractivity contribution in [1.82, 2.24) is 19.8 Å². The predicted molar refractivity (Wildman–Crippen MR) is 145 cm³/mol. The number of benzene rings is 1. The SMILES string of the molecule is COc1ccc2c3c1O[C@H]1[C@H]4CC[C@@]5(CCN4C(=O)Cc4ncc(C6CC6)cn4)[C@@H](C2)N(CC2CC2)CC[C@]315. The van der Waals surface area contributed by atoms with Gasteiger partial charge in [-0.3, -0.25) is 9.69 Å². The number of methoxy groups -OCH3 is 1. The molecule has 1 aromatic carbocycles. The van der Waals surface area contributed by atoms with Crippen LogP contribution in [0.4, 0.5) is 0 Å². The minimum atomic E-state index is -0.0322. The average molecular weight is 527 g/mol. The highest BCUT2D eigenvalue weighted by Crippen LogP contribution is 2.71. The van der Waals surface area contributed by atoms with Crippen LogP contribution < -0.4 is 9.47 Å². The smallest absolute Gasteiger partial charge is 0.230 e. The first-order chi connectivity index (χ1) is 19.1. The zero-order chi connectivity index (χ0) is 25.9. The quantitative estimate of drug-likeness (QED) is 0.566. The Balaban J connectivity index is 1.11. The molecule has 4 aliphatic heterocycles. The van der Waals surface area contributed by atoms with E-state index >= 15 is 0 Å². The highest BCUT2D eigenvalue weighted by Gasteiger charge is 2.74. The van der Waals surface area contributed by atoms with Crippen LogP contribution in [0, 0.1) is 11.3 Å². The van der Waals surface area contributed by atoms with Crippen molar-refractivity contribution in [3.63, 3.8) is 0 Å². The summed E-state index contributed by atoms with van der Waals surface area (Å²) in [6.07, 6.45) is 14.8. The molecular formula is C32H38N4O3. The maximum absolute atomic E-state index is 14.0. The van der Waals surface area contributed by atoms with Crippen molar-refractivity contribution in [3.05, 3.63) is 47.0 Å². The summed E-state index contributed by atoms with van der Waals surface area (Å²) in [6, 6.07) is 5.04. The Labute approximate surface area is 230 Å². The largest absolute Gasteiger partial charge is 0.493 e. The first-order valence-corrected chi connectivity index (χ1v) is 15.3. The molecule has 10 rings (SSSR count).